The molecule has 1 aliphatic heterocycles. The van der Waals surface area contributed by atoms with E-state index in [0.717, 1.165) is 25.2 Å². The molecule has 4 heteroatoms. The standard InChI is InChI=1S/C17H18ClFN2/c18-16-7-6-15(19)10-14(16)11-21-9-8-20-17(12-21)13-4-2-1-3-5-13/h1-7,10,17,20H,8-9,11-12H2. The maximum atomic E-state index is 13.4. The number of nitrogens with one attached hydrogen (secondary N) is 1. The first-order valence-corrected chi connectivity index (χ1v) is 7.55. The molecule has 21 heavy (non-hydrogen) atoms. The first kappa shape index (κ1) is 14.5. The fraction of sp³-hybridized carbons (Fsp3) is 0.294. The van der Waals surface area contributed by atoms with Crippen LogP contribution in [0.1, 0.15) is 17.2 Å². The van der Waals surface area contributed by atoms with Crippen LogP contribution in [0.15, 0.2) is 48.5 Å². The number of halogens is 2. The van der Waals surface area contributed by atoms with E-state index in [4.69, 9.17) is 11.6 Å². The molecule has 2 aromatic rings. The Morgan fingerprint density at radius 2 is 2.00 bits per heavy atom. The molecule has 3 rings (SSSR count). The number of piperazine rings is 1. The Morgan fingerprint density at radius 3 is 2.81 bits per heavy atom. The van der Waals surface area contributed by atoms with Gasteiger partial charge in [0, 0.05) is 37.2 Å². The Balaban J connectivity index is 1.70. The van der Waals surface area contributed by atoms with Crippen LogP contribution in [0.5, 0.6) is 0 Å². The number of nitrogens with zero attached hydrogens (tertiary/aromatic N) is 1. The second kappa shape index (κ2) is 6.56. The predicted octanol–water partition coefficient (Wildman–Crippen LogP) is 3.63. The smallest absolute Gasteiger partial charge is 0.123 e. The first-order chi connectivity index (χ1) is 10.2. The Bertz CT molecular complexity index is 603. The molecule has 2 nitrogen and oxygen atoms in total. The molecule has 0 bridgehead atoms. The average molecular weight is 305 g/mol. The van der Waals surface area contributed by atoms with Gasteiger partial charge in [-0.25, -0.2) is 4.39 Å². The zero-order chi connectivity index (χ0) is 14.7. The molecule has 0 amide bonds. The lowest BCUT2D eigenvalue weighted by molar-refractivity contribution is 0.193. The second-order valence-electron chi connectivity index (χ2n) is 5.39. The monoisotopic (exact) mass is 304 g/mol. The lowest BCUT2D eigenvalue weighted by Crippen LogP contribution is -2.45. The van der Waals surface area contributed by atoms with Gasteiger partial charge in [0.1, 0.15) is 5.82 Å². The van der Waals surface area contributed by atoms with Gasteiger partial charge in [0.2, 0.25) is 0 Å². The SMILES string of the molecule is Fc1ccc(Cl)c(CN2CCNC(c3ccccc3)C2)c1. The molecular weight excluding hydrogens is 287 g/mol. The van der Waals surface area contributed by atoms with Crippen LogP contribution in [0.4, 0.5) is 4.39 Å². The highest BCUT2D eigenvalue weighted by Gasteiger charge is 2.21. The summed E-state index contributed by atoms with van der Waals surface area (Å²) in [6.07, 6.45) is 0. The van der Waals surface area contributed by atoms with Crippen LogP contribution < -0.4 is 5.32 Å². The van der Waals surface area contributed by atoms with E-state index in [1.54, 1.807) is 6.07 Å². The van der Waals surface area contributed by atoms with E-state index in [9.17, 15) is 4.39 Å². The molecule has 1 unspecified atom stereocenters. The zero-order valence-corrected chi connectivity index (χ0v) is 12.5. The molecule has 110 valence electrons. The molecule has 0 saturated carbocycles. The van der Waals surface area contributed by atoms with E-state index in [0.29, 0.717) is 17.6 Å². The van der Waals surface area contributed by atoms with E-state index in [1.165, 1.54) is 17.7 Å². The Labute approximate surface area is 129 Å². The minimum Gasteiger partial charge on any atom is -0.308 e. The van der Waals surface area contributed by atoms with Gasteiger partial charge in [-0.1, -0.05) is 41.9 Å². The average Bonchev–Trinajstić information content (AvgIpc) is 2.52. The third-order valence-electron chi connectivity index (χ3n) is 3.86. The van der Waals surface area contributed by atoms with Crippen LogP contribution in [0, 0.1) is 5.82 Å². The number of benzene rings is 2. The zero-order valence-electron chi connectivity index (χ0n) is 11.7. The van der Waals surface area contributed by atoms with Crippen LogP contribution in [0.2, 0.25) is 5.02 Å². The van der Waals surface area contributed by atoms with Crippen molar-refractivity contribution in [3.05, 3.63) is 70.5 Å². The van der Waals surface area contributed by atoms with E-state index >= 15 is 0 Å². The van der Waals surface area contributed by atoms with Gasteiger partial charge in [-0.2, -0.15) is 0 Å². The highest BCUT2D eigenvalue weighted by Crippen LogP contribution is 2.22. The van der Waals surface area contributed by atoms with E-state index in [-0.39, 0.29) is 5.82 Å². The highest BCUT2D eigenvalue weighted by atomic mass is 35.5. The van der Waals surface area contributed by atoms with Crippen molar-refractivity contribution in [3.8, 4) is 0 Å². The fourth-order valence-electron chi connectivity index (χ4n) is 2.77. The van der Waals surface area contributed by atoms with Gasteiger partial charge in [-0.3, -0.25) is 4.90 Å². The van der Waals surface area contributed by atoms with E-state index in [2.05, 4.69) is 34.5 Å². The second-order valence-corrected chi connectivity index (χ2v) is 5.80. The summed E-state index contributed by atoms with van der Waals surface area (Å²) in [5.41, 5.74) is 2.14. The Morgan fingerprint density at radius 1 is 1.19 bits per heavy atom. The van der Waals surface area contributed by atoms with Crippen LogP contribution in [0.3, 0.4) is 0 Å². The number of rotatable bonds is 3. The summed E-state index contributed by atoms with van der Waals surface area (Å²) < 4.78 is 13.4. The van der Waals surface area contributed by atoms with Gasteiger partial charge >= 0.3 is 0 Å². The Kier molecular flexibility index (Phi) is 4.54. The van der Waals surface area contributed by atoms with Crippen molar-refractivity contribution in [1.82, 2.24) is 10.2 Å². The van der Waals surface area contributed by atoms with Crippen LogP contribution in [-0.4, -0.2) is 24.5 Å². The van der Waals surface area contributed by atoms with Gasteiger partial charge in [0.05, 0.1) is 0 Å². The largest absolute Gasteiger partial charge is 0.308 e. The summed E-state index contributed by atoms with van der Waals surface area (Å²) in [4.78, 5) is 2.31. The molecule has 1 atom stereocenters. The van der Waals surface area contributed by atoms with Crippen molar-refractivity contribution >= 4 is 11.6 Å². The molecule has 0 aromatic heterocycles. The van der Waals surface area contributed by atoms with Crippen molar-refractivity contribution in [1.29, 1.82) is 0 Å². The van der Waals surface area contributed by atoms with Crippen LogP contribution in [-0.2, 0) is 6.54 Å². The Hall–Kier alpha value is -1.42. The molecule has 1 fully saturated rings. The predicted molar refractivity (Wildman–Crippen MR) is 83.9 cm³/mol. The molecule has 0 radical (unpaired) electrons. The number of hydrogen-bond donors (Lipinski definition) is 1. The van der Waals surface area contributed by atoms with E-state index in [1.807, 2.05) is 6.07 Å². The van der Waals surface area contributed by atoms with Crippen LogP contribution >= 0.6 is 11.6 Å². The van der Waals surface area contributed by atoms with Crippen molar-refractivity contribution in [2.45, 2.75) is 12.6 Å². The minimum absolute atomic E-state index is 0.232. The maximum absolute atomic E-state index is 13.4. The summed E-state index contributed by atoms with van der Waals surface area (Å²) in [6, 6.07) is 15.3. The molecule has 0 aliphatic carbocycles. The summed E-state index contributed by atoms with van der Waals surface area (Å²) in [5.74, 6) is -0.232. The summed E-state index contributed by atoms with van der Waals surface area (Å²) in [7, 11) is 0. The number of hydrogen-bond acceptors (Lipinski definition) is 2. The van der Waals surface area contributed by atoms with Gasteiger partial charge in [-0.05, 0) is 29.3 Å². The normalized spacial score (nSPS) is 19.6. The molecule has 2 aromatic carbocycles. The molecule has 1 saturated heterocycles. The third-order valence-corrected chi connectivity index (χ3v) is 4.23. The first-order valence-electron chi connectivity index (χ1n) is 7.17. The summed E-state index contributed by atoms with van der Waals surface area (Å²) in [6.45, 7) is 3.45. The maximum Gasteiger partial charge on any atom is 0.123 e. The molecule has 1 aliphatic rings. The fourth-order valence-corrected chi connectivity index (χ4v) is 2.95. The molecule has 0 spiro atoms. The van der Waals surface area contributed by atoms with Crippen LogP contribution in [0.25, 0.3) is 0 Å². The summed E-state index contributed by atoms with van der Waals surface area (Å²) >= 11 is 6.16. The van der Waals surface area contributed by atoms with Gasteiger partial charge in [-0.15, -0.1) is 0 Å². The lowest BCUT2D eigenvalue weighted by Gasteiger charge is -2.34. The molecular formula is C17H18ClFN2. The molecule has 1 heterocycles. The summed E-state index contributed by atoms with van der Waals surface area (Å²) in [5, 5.41) is 4.16. The molecule has 1 N–H and O–H groups in total. The van der Waals surface area contributed by atoms with Gasteiger partial charge < -0.3 is 5.32 Å². The topological polar surface area (TPSA) is 15.3 Å². The van der Waals surface area contributed by atoms with Crippen molar-refractivity contribution < 1.29 is 4.39 Å². The van der Waals surface area contributed by atoms with Crippen molar-refractivity contribution in [2.75, 3.05) is 19.6 Å². The van der Waals surface area contributed by atoms with Gasteiger partial charge in [0.25, 0.3) is 0 Å². The highest BCUT2D eigenvalue weighted by molar-refractivity contribution is 6.31. The third kappa shape index (κ3) is 3.62. The van der Waals surface area contributed by atoms with Crippen molar-refractivity contribution in [2.24, 2.45) is 0 Å². The minimum atomic E-state index is -0.232. The quantitative estimate of drug-likeness (QED) is 0.931. The van der Waals surface area contributed by atoms with Crippen molar-refractivity contribution in [3.63, 3.8) is 0 Å². The van der Waals surface area contributed by atoms with E-state index < -0.39 is 0 Å². The lowest BCUT2D eigenvalue weighted by atomic mass is 10.0. The van der Waals surface area contributed by atoms with Gasteiger partial charge in [0.15, 0.2) is 0 Å².